The molecule has 258 valence electrons. The number of carbonyl (C=O) groups excluding carboxylic acids is 2. The molecule has 0 spiro atoms. The van der Waals surface area contributed by atoms with E-state index in [-0.39, 0.29) is 58.9 Å². The van der Waals surface area contributed by atoms with Gasteiger partial charge in [-0.25, -0.2) is 4.79 Å². The van der Waals surface area contributed by atoms with Gasteiger partial charge in [0, 0.05) is 38.4 Å². The molecule has 0 aromatic carbocycles. The lowest BCUT2D eigenvalue weighted by molar-refractivity contribution is -0.151. The maximum absolute atomic E-state index is 11.1. The maximum Gasteiger partial charge on any atom is 0.332 e. The fourth-order valence-corrected chi connectivity index (χ4v) is 1.05. The number of hydrogen-bond acceptors (Lipinski definition) is 8. The monoisotopic (exact) mass is 609 g/mol. The average Bonchev–Trinajstić information content (AvgIpc) is 2.72. The minimum atomic E-state index is -0.312. The van der Waals surface area contributed by atoms with Crippen molar-refractivity contribution in [3.63, 3.8) is 0 Å². The second-order valence-electron chi connectivity index (χ2n) is 15.5. The highest BCUT2D eigenvalue weighted by Gasteiger charge is 2.21. The quantitative estimate of drug-likeness (QED) is 0.272. The van der Waals surface area contributed by atoms with Crippen LogP contribution in [0.4, 0.5) is 0 Å². The number of rotatable bonds is 6. The standard InChI is InChI=1S/C9H19NO2.3C6H15N.C6H12O3/c1-7(9(2,3)4)10-8(11)6-12-5;3*1-5(7)6(2,3)4;1-5(2)9-6(7)4-8-3/h7H,6H2,1-5H3,(H,10,11);3*5H,7H2,1-4H3;5H,4H2,1-3H3/t;5-;;;/m.0.../s1. The first-order valence-corrected chi connectivity index (χ1v) is 15.1. The number of ether oxygens (including phenoxy) is 3. The molecule has 0 aromatic rings. The van der Waals surface area contributed by atoms with Crippen LogP contribution in [-0.4, -0.2) is 69.6 Å². The molecular weight excluding hydrogens is 532 g/mol. The number of hydrogen-bond donors (Lipinski definition) is 4. The molecule has 7 N–H and O–H groups in total. The van der Waals surface area contributed by atoms with Gasteiger partial charge in [-0.1, -0.05) is 83.1 Å². The van der Waals surface area contributed by atoms with Crippen molar-refractivity contribution in [1.82, 2.24) is 5.32 Å². The Bertz CT molecular complexity index is 609. The molecule has 0 bridgehead atoms. The predicted molar refractivity (Wildman–Crippen MR) is 181 cm³/mol. The smallest absolute Gasteiger partial charge is 0.332 e. The Morgan fingerprint density at radius 2 is 0.833 bits per heavy atom. The van der Waals surface area contributed by atoms with Gasteiger partial charge in [0.05, 0.1) is 6.10 Å². The molecule has 0 aromatic heterocycles. The molecule has 3 unspecified atom stereocenters. The van der Waals surface area contributed by atoms with E-state index in [0.29, 0.717) is 18.1 Å². The summed E-state index contributed by atoms with van der Waals surface area (Å²) >= 11 is 0. The van der Waals surface area contributed by atoms with Crippen molar-refractivity contribution < 1.29 is 23.8 Å². The van der Waals surface area contributed by atoms with Crippen LogP contribution in [0.25, 0.3) is 0 Å². The highest BCUT2D eigenvalue weighted by atomic mass is 16.6. The number of carbonyl (C=O) groups is 2. The molecule has 0 aliphatic heterocycles. The van der Waals surface area contributed by atoms with E-state index in [9.17, 15) is 9.59 Å². The molecule has 4 atom stereocenters. The summed E-state index contributed by atoms with van der Waals surface area (Å²) in [7, 11) is 2.98. The first-order chi connectivity index (χ1) is 18.4. The summed E-state index contributed by atoms with van der Waals surface area (Å²) in [6.07, 6.45) is -0.0485. The molecular formula is C33H76N4O5. The lowest BCUT2D eigenvalue weighted by atomic mass is 9.88. The van der Waals surface area contributed by atoms with Gasteiger partial charge in [-0.2, -0.15) is 0 Å². The number of nitrogens with two attached hydrogens (primary N) is 3. The van der Waals surface area contributed by atoms with Crippen molar-refractivity contribution >= 4 is 11.9 Å². The van der Waals surface area contributed by atoms with Crippen LogP contribution in [0.3, 0.4) is 0 Å². The maximum atomic E-state index is 11.1. The number of nitrogens with one attached hydrogen (secondary N) is 1. The second-order valence-corrected chi connectivity index (χ2v) is 15.5. The van der Waals surface area contributed by atoms with Crippen LogP contribution < -0.4 is 22.5 Å². The van der Waals surface area contributed by atoms with E-state index in [1.54, 1.807) is 13.8 Å². The molecule has 0 rings (SSSR count). The summed E-state index contributed by atoms with van der Waals surface area (Å²) in [6, 6.07) is 1.06. The zero-order chi connectivity index (χ0) is 35.3. The van der Waals surface area contributed by atoms with Crippen molar-refractivity contribution in [2.75, 3.05) is 27.4 Å². The third-order valence-corrected chi connectivity index (χ3v) is 6.68. The molecule has 0 radical (unpaired) electrons. The molecule has 0 heterocycles. The Balaban J connectivity index is -0.000000139. The SMILES string of the molecule is CC(N)C(C)(C)C.CC(N)C(C)(C)C.COCC(=O)NC(C)C(C)(C)C.COCC(=O)OC(C)C.C[C@H](N)C(C)(C)C. The van der Waals surface area contributed by atoms with E-state index in [2.05, 4.69) is 93.1 Å². The molecule has 9 nitrogen and oxygen atoms in total. The van der Waals surface area contributed by atoms with Crippen molar-refractivity contribution in [1.29, 1.82) is 0 Å². The molecule has 1 amide bonds. The van der Waals surface area contributed by atoms with Crippen molar-refractivity contribution in [2.45, 2.75) is 155 Å². The average molecular weight is 609 g/mol. The fraction of sp³-hybridized carbons (Fsp3) is 0.939. The lowest BCUT2D eigenvalue weighted by Gasteiger charge is -2.27. The van der Waals surface area contributed by atoms with Crippen molar-refractivity contribution in [2.24, 2.45) is 38.9 Å². The summed E-state index contributed by atoms with van der Waals surface area (Å²) in [5.41, 5.74) is 17.6. The number of methoxy groups -OCH3 is 2. The highest BCUT2D eigenvalue weighted by Crippen LogP contribution is 2.18. The van der Waals surface area contributed by atoms with E-state index in [1.165, 1.54) is 14.2 Å². The normalized spacial score (nSPS) is 14.5. The zero-order valence-electron chi connectivity index (χ0n) is 31.6. The van der Waals surface area contributed by atoms with Gasteiger partial charge in [0.1, 0.15) is 13.2 Å². The third kappa shape index (κ3) is 40.9. The topological polar surface area (TPSA) is 152 Å². The molecule has 42 heavy (non-hydrogen) atoms. The summed E-state index contributed by atoms with van der Waals surface area (Å²) in [5.74, 6) is -0.368. The third-order valence-electron chi connectivity index (χ3n) is 6.68. The van der Waals surface area contributed by atoms with Gasteiger partial charge in [-0.15, -0.1) is 0 Å². The van der Waals surface area contributed by atoms with Crippen LogP contribution in [-0.2, 0) is 23.8 Å². The zero-order valence-corrected chi connectivity index (χ0v) is 31.6. The van der Waals surface area contributed by atoms with E-state index < -0.39 is 0 Å². The molecule has 0 saturated heterocycles. The van der Waals surface area contributed by atoms with Crippen LogP contribution in [0.2, 0.25) is 0 Å². The largest absolute Gasteiger partial charge is 0.461 e. The Kier molecular flexibility index (Phi) is 28.9. The molecule has 0 saturated carbocycles. The molecule has 9 heteroatoms. The summed E-state index contributed by atoms with van der Waals surface area (Å²) < 4.78 is 14.0. The highest BCUT2D eigenvalue weighted by molar-refractivity contribution is 5.77. The van der Waals surface area contributed by atoms with Gasteiger partial charge in [0.2, 0.25) is 5.91 Å². The van der Waals surface area contributed by atoms with Crippen LogP contribution >= 0.6 is 0 Å². The van der Waals surface area contributed by atoms with Crippen molar-refractivity contribution in [3.8, 4) is 0 Å². The van der Waals surface area contributed by atoms with Gasteiger partial charge in [0.15, 0.2) is 0 Å². The first kappa shape index (κ1) is 50.4. The summed E-state index contributed by atoms with van der Waals surface area (Å²) in [4.78, 5) is 21.6. The lowest BCUT2D eigenvalue weighted by Crippen LogP contribution is -2.42. The minimum Gasteiger partial charge on any atom is -0.461 e. The van der Waals surface area contributed by atoms with E-state index in [1.807, 2.05) is 27.7 Å². The Labute approximate surface area is 262 Å². The predicted octanol–water partition coefficient (Wildman–Crippen LogP) is 5.91. The molecule has 0 aliphatic rings. The van der Waals surface area contributed by atoms with Crippen LogP contribution in [0, 0.1) is 21.7 Å². The van der Waals surface area contributed by atoms with Gasteiger partial charge >= 0.3 is 5.97 Å². The van der Waals surface area contributed by atoms with Crippen LogP contribution in [0.5, 0.6) is 0 Å². The van der Waals surface area contributed by atoms with Gasteiger partial charge in [0.25, 0.3) is 0 Å². The summed E-state index contributed by atoms with van der Waals surface area (Å²) in [5, 5.41) is 2.86. The second kappa shape index (κ2) is 24.1. The van der Waals surface area contributed by atoms with Gasteiger partial charge in [-0.3, -0.25) is 4.79 Å². The fourth-order valence-electron chi connectivity index (χ4n) is 1.05. The Morgan fingerprint density at radius 3 is 1.00 bits per heavy atom. The van der Waals surface area contributed by atoms with Crippen molar-refractivity contribution in [3.05, 3.63) is 0 Å². The van der Waals surface area contributed by atoms with Crippen LogP contribution in [0.1, 0.15) is 125 Å². The molecule has 0 aliphatic carbocycles. The number of amides is 1. The van der Waals surface area contributed by atoms with E-state index >= 15 is 0 Å². The number of esters is 1. The van der Waals surface area contributed by atoms with Crippen LogP contribution in [0.15, 0.2) is 0 Å². The van der Waals surface area contributed by atoms with E-state index in [0.717, 1.165) is 0 Å². The molecule has 0 fully saturated rings. The van der Waals surface area contributed by atoms with E-state index in [4.69, 9.17) is 26.7 Å². The van der Waals surface area contributed by atoms with Gasteiger partial charge < -0.3 is 36.7 Å². The first-order valence-electron chi connectivity index (χ1n) is 15.1. The minimum absolute atomic E-state index is 0.0399. The van der Waals surface area contributed by atoms with Gasteiger partial charge in [-0.05, 0) is 63.2 Å². The summed E-state index contributed by atoms with van der Waals surface area (Å²) in [6.45, 7) is 37.3. The Hall–Kier alpha value is -1.26. The Morgan fingerprint density at radius 1 is 0.571 bits per heavy atom.